The van der Waals surface area contributed by atoms with Crippen molar-refractivity contribution in [2.75, 3.05) is 13.7 Å². The van der Waals surface area contributed by atoms with Gasteiger partial charge < -0.3 is 9.84 Å². The van der Waals surface area contributed by atoms with Crippen LogP contribution in [0, 0.1) is 0 Å². The molecule has 1 N–H and O–H groups in total. The zero-order valence-corrected chi connectivity index (χ0v) is 10.9. The van der Waals surface area contributed by atoms with Gasteiger partial charge in [0.05, 0.1) is 6.61 Å². The predicted molar refractivity (Wildman–Crippen MR) is 72.3 cm³/mol. The van der Waals surface area contributed by atoms with Gasteiger partial charge in [-0.2, -0.15) is 0 Å². The van der Waals surface area contributed by atoms with Crippen molar-refractivity contribution in [1.82, 2.24) is 0 Å². The third-order valence-corrected chi connectivity index (χ3v) is 3.62. The molecule has 3 nitrogen and oxygen atoms in total. The molecule has 0 aliphatic rings. The summed E-state index contributed by atoms with van der Waals surface area (Å²) in [6, 6.07) is 9.78. The second kappa shape index (κ2) is 5.80. The van der Waals surface area contributed by atoms with Crippen LogP contribution in [0.1, 0.15) is 15.2 Å². The fourth-order valence-corrected chi connectivity index (χ4v) is 2.53. The molecule has 0 spiro atoms. The lowest BCUT2D eigenvalue weighted by Crippen LogP contribution is -1.96. The number of carboxylic acid groups (broad SMARTS) is 1. The van der Waals surface area contributed by atoms with Gasteiger partial charge in [-0.25, -0.2) is 4.79 Å². The maximum Gasteiger partial charge on any atom is 0.346 e. The number of ether oxygens (including phenoxy) is 1. The first kappa shape index (κ1) is 12.8. The Balaban J connectivity index is 2.23. The largest absolute Gasteiger partial charge is 0.477 e. The van der Waals surface area contributed by atoms with E-state index in [0.29, 0.717) is 11.5 Å². The van der Waals surface area contributed by atoms with E-state index in [1.807, 2.05) is 30.3 Å². The molecule has 1 aromatic heterocycles. The molecule has 0 bridgehead atoms. The third-order valence-electron chi connectivity index (χ3n) is 2.72. The Kier molecular flexibility index (Phi) is 4.12. The highest BCUT2D eigenvalue weighted by molar-refractivity contribution is 7.12. The number of methoxy groups -OCH3 is 1. The van der Waals surface area contributed by atoms with Crippen molar-refractivity contribution >= 4 is 17.3 Å². The molecule has 2 rings (SSSR count). The lowest BCUT2D eigenvalue weighted by molar-refractivity contribution is 0.0703. The van der Waals surface area contributed by atoms with Crippen molar-refractivity contribution in [2.45, 2.75) is 6.42 Å². The van der Waals surface area contributed by atoms with E-state index in [9.17, 15) is 4.79 Å². The van der Waals surface area contributed by atoms with Gasteiger partial charge in [-0.05, 0) is 29.0 Å². The quantitative estimate of drug-likeness (QED) is 0.899. The van der Waals surface area contributed by atoms with Crippen LogP contribution in [0.15, 0.2) is 35.7 Å². The molecule has 0 aliphatic heterocycles. The molecule has 0 fully saturated rings. The second-order valence-corrected chi connectivity index (χ2v) is 4.82. The van der Waals surface area contributed by atoms with Crippen LogP contribution in [0.25, 0.3) is 11.1 Å². The van der Waals surface area contributed by atoms with Crippen LogP contribution >= 0.6 is 11.3 Å². The summed E-state index contributed by atoms with van der Waals surface area (Å²) in [5.74, 6) is -0.872. The Morgan fingerprint density at radius 3 is 2.61 bits per heavy atom. The minimum atomic E-state index is -0.872. The number of rotatable bonds is 5. The second-order valence-electron chi connectivity index (χ2n) is 3.91. The van der Waals surface area contributed by atoms with Gasteiger partial charge in [-0.1, -0.05) is 24.3 Å². The highest BCUT2D eigenvalue weighted by atomic mass is 32.1. The van der Waals surface area contributed by atoms with Gasteiger partial charge in [0.15, 0.2) is 0 Å². The molecule has 0 aliphatic carbocycles. The fraction of sp³-hybridized carbons (Fsp3) is 0.214. The van der Waals surface area contributed by atoms with E-state index in [1.54, 1.807) is 12.5 Å². The molecule has 0 saturated heterocycles. The summed E-state index contributed by atoms with van der Waals surface area (Å²) in [5, 5.41) is 10.9. The number of hydrogen-bond acceptors (Lipinski definition) is 3. The average Bonchev–Trinajstić information content (AvgIpc) is 2.86. The summed E-state index contributed by atoms with van der Waals surface area (Å²) in [6.45, 7) is 0.693. The van der Waals surface area contributed by atoms with E-state index in [2.05, 4.69) is 0 Å². The van der Waals surface area contributed by atoms with Crippen LogP contribution in [-0.2, 0) is 11.2 Å². The SMILES string of the molecule is COCCc1ccc(-c2ccsc2C(=O)O)cc1. The lowest BCUT2D eigenvalue weighted by atomic mass is 10.0. The minimum absolute atomic E-state index is 0.389. The van der Waals surface area contributed by atoms with Gasteiger partial charge in [0.1, 0.15) is 4.88 Å². The Bertz CT molecular complexity index is 528. The molecule has 2 aromatic rings. The summed E-state index contributed by atoms with van der Waals surface area (Å²) < 4.78 is 5.02. The zero-order valence-electron chi connectivity index (χ0n) is 10.1. The first-order valence-electron chi connectivity index (χ1n) is 5.61. The topological polar surface area (TPSA) is 46.5 Å². The van der Waals surface area contributed by atoms with Gasteiger partial charge in [-0.3, -0.25) is 0 Å². The molecule has 18 heavy (non-hydrogen) atoms. The van der Waals surface area contributed by atoms with E-state index in [0.717, 1.165) is 17.5 Å². The summed E-state index contributed by atoms with van der Waals surface area (Å²) >= 11 is 1.25. The number of benzene rings is 1. The van der Waals surface area contributed by atoms with Crippen LogP contribution in [0.4, 0.5) is 0 Å². The Hall–Kier alpha value is -1.65. The van der Waals surface area contributed by atoms with Gasteiger partial charge >= 0.3 is 5.97 Å². The third kappa shape index (κ3) is 2.78. The molecule has 0 amide bonds. The number of carboxylic acids is 1. The smallest absolute Gasteiger partial charge is 0.346 e. The van der Waals surface area contributed by atoms with Crippen molar-refractivity contribution in [3.8, 4) is 11.1 Å². The first-order chi connectivity index (χ1) is 8.72. The fourth-order valence-electron chi connectivity index (χ4n) is 1.77. The van der Waals surface area contributed by atoms with Crippen molar-refractivity contribution < 1.29 is 14.6 Å². The Labute approximate surface area is 110 Å². The van der Waals surface area contributed by atoms with Crippen molar-refractivity contribution in [3.63, 3.8) is 0 Å². The molecular formula is C14H14O3S. The van der Waals surface area contributed by atoms with Crippen LogP contribution in [0.5, 0.6) is 0 Å². The summed E-state index contributed by atoms with van der Waals surface area (Å²) in [7, 11) is 1.68. The van der Waals surface area contributed by atoms with Crippen LogP contribution in [0.3, 0.4) is 0 Å². The maximum atomic E-state index is 11.1. The van der Waals surface area contributed by atoms with Crippen LogP contribution < -0.4 is 0 Å². The monoisotopic (exact) mass is 262 g/mol. The molecular weight excluding hydrogens is 248 g/mol. The summed E-state index contributed by atoms with van der Waals surface area (Å²) in [5.41, 5.74) is 2.91. The molecule has 1 aromatic carbocycles. The van der Waals surface area contributed by atoms with Crippen LogP contribution in [0.2, 0.25) is 0 Å². The van der Waals surface area contributed by atoms with E-state index in [4.69, 9.17) is 9.84 Å². The van der Waals surface area contributed by atoms with E-state index in [1.165, 1.54) is 16.9 Å². The molecule has 4 heteroatoms. The number of carbonyl (C=O) groups is 1. The highest BCUT2D eigenvalue weighted by Crippen LogP contribution is 2.28. The van der Waals surface area contributed by atoms with Gasteiger partial charge in [0, 0.05) is 12.7 Å². The Morgan fingerprint density at radius 2 is 2.00 bits per heavy atom. The average molecular weight is 262 g/mol. The van der Waals surface area contributed by atoms with Crippen molar-refractivity contribution in [3.05, 3.63) is 46.2 Å². The number of hydrogen-bond donors (Lipinski definition) is 1. The maximum absolute atomic E-state index is 11.1. The standard InChI is InChI=1S/C14H14O3S/c1-17-8-6-10-2-4-11(5-3-10)12-7-9-18-13(12)14(15)16/h2-5,7,9H,6,8H2,1H3,(H,15,16). The van der Waals surface area contributed by atoms with Gasteiger partial charge in [-0.15, -0.1) is 11.3 Å². The zero-order chi connectivity index (χ0) is 13.0. The van der Waals surface area contributed by atoms with Gasteiger partial charge in [0.2, 0.25) is 0 Å². The molecule has 1 heterocycles. The highest BCUT2D eigenvalue weighted by Gasteiger charge is 2.12. The van der Waals surface area contributed by atoms with E-state index < -0.39 is 5.97 Å². The first-order valence-corrected chi connectivity index (χ1v) is 6.49. The normalized spacial score (nSPS) is 10.5. The summed E-state index contributed by atoms with van der Waals surface area (Å²) in [6.07, 6.45) is 0.867. The van der Waals surface area contributed by atoms with Crippen molar-refractivity contribution in [2.24, 2.45) is 0 Å². The predicted octanol–water partition coefficient (Wildman–Crippen LogP) is 3.30. The number of aromatic carboxylic acids is 1. The summed E-state index contributed by atoms with van der Waals surface area (Å²) in [4.78, 5) is 11.4. The lowest BCUT2D eigenvalue weighted by Gasteiger charge is -2.04. The number of thiophene rings is 1. The van der Waals surface area contributed by atoms with Crippen molar-refractivity contribution in [1.29, 1.82) is 0 Å². The van der Waals surface area contributed by atoms with E-state index in [-0.39, 0.29) is 0 Å². The molecule has 94 valence electrons. The molecule has 0 saturated carbocycles. The van der Waals surface area contributed by atoms with Crippen LogP contribution in [-0.4, -0.2) is 24.8 Å². The van der Waals surface area contributed by atoms with E-state index >= 15 is 0 Å². The molecule has 0 unspecified atom stereocenters. The van der Waals surface area contributed by atoms with Gasteiger partial charge in [0.25, 0.3) is 0 Å². The molecule has 0 atom stereocenters. The minimum Gasteiger partial charge on any atom is -0.477 e. The molecule has 0 radical (unpaired) electrons. The Morgan fingerprint density at radius 1 is 1.28 bits per heavy atom.